The minimum Gasteiger partial charge on any atom is -0.379 e. The van der Waals surface area contributed by atoms with E-state index in [4.69, 9.17) is 17.0 Å². The van der Waals surface area contributed by atoms with Crippen LogP contribution in [0.15, 0.2) is 24.3 Å². The van der Waals surface area contributed by atoms with E-state index in [1.54, 1.807) is 0 Å². The number of carbonyl (C=O) groups is 1. The second-order valence-corrected chi connectivity index (χ2v) is 6.69. The summed E-state index contributed by atoms with van der Waals surface area (Å²) in [7, 11) is 0. The summed E-state index contributed by atoms with van der Waals surface area (Å²) < 4.78 is 5.01. The highest BCUT2D eigenvalue weighted by molar-refractivity contribution is 7.80. The van der Waals surface area contributed by atoms with Gasteiger partial charge in [0.15, 0.2) is 6.29 Å². The van der Waals surface area contributed by atoms with E-state index in [0.717, 1.165) is 30.8 Å². The number of rotatable bonds is 8. The zero-order valence-corrected chi connectivity index (χ0v) is 14.9. The Morgan fingerprint density at radius 1 is 1.33 bits per heavy atom. The SMILES string of the molecule is Cc1ccc(CC(=S)NCCCCC(=O)N[C@H]2CCO[C@@H]2O)cc1. The molecule has 0 bridgehead atoms. The third-order valence-corrected chi connectivity index (χ3v) is 4.33. The van der Waals surface area contributed by atoms with Crippen molar-refractivity contribution in [1.82, 2.24) is 10.6 Å². The van der Waals surface area contributed by atoms with Crippen molar-refractivity contribution in [2.75, 3.05) is 13.2 Å². The van der Waals surface area contributed by atoms with E-state index in [1.165, 1.54) is 11.1 Å². The molecule has 0 aromatic heterocycles. The smallest absolute Gasteiger partial charge is 0.220 e. The summed E-state index contributed by atoms with van der Waals surface area (Å²) in [6.45, 7) is 3.33. The summed E-state index contributed by atoms with van der Waals surface area (Å²) in [6, 6.07) is 8.09. The molecule has 1 fully saturated rings. The molecule has 2 rings (SSSR count). The third kappa shape index (κ3) is 6.55. The standard InChI is InChI=1S/C18H26N2O3S/c1-13-5-7-14(8-6-13)12-17(24)19-10-3-2-4-16(21)20-15-9-11-23-18(15)22/h5-8,15,18,22H,2-4,9-12H2,1H3,(H,19,24)(H,20,21)/t15-,18-/m0/s1. The Morgan fingerprint density at radius 3 is 2.75 bits per heavy atom. The first-order valence-electron chi connectivity index (χ1n) is 8.46. The molecule has 0 radical (unpaired) electrons. The van der Waals surface area contributed by atoms with Gasteiger partial charge in [0.05, 0.1) is 17.6 Å². The number of carbonyl (C=O) groups excluding carboxylic acids is 1. The summed E-state index contributed by atoms with van der Waals surface area (Å²) in [4.78, 5) is 12.6. The molecular formula is C18H26N2O3S. The fraction of sp³-hybridized carbons (Fsp3) is 0.556. The molecule has 1 amide bonds. The maximum Gasteiger partial charge on any atom is 0.220 e. The molecule has 5 nitrogen and oxygen atoms in total. The number of nitrogens with one attached hydrogen (secondary N) is 2. The van der Waals surface area contributed by atoms with Crippen LogP contribution < -0.4 is 10.6 Å². The predicted molar refractivity (Wildman–Crippen MR) is 97.8 cm³/mol. The zero-order valence-electron chi connectivity index (χ0n) is 14.1. The number of ether oxygens (including phenoxy) is 1. The molecule has 1 aliphatic heterocycles. The van der Waals surface area contributed by atoms with E-state index >= 15 is 0 Å². The zero-order chi connectivity index (χ0) is 17.4. The van der Waals surface area contributed by atoms with Crippen LogP contribution in [0.4, 0.5) is 0 Å². The van der Waals surface area contributed by atoms with Gasteiger partial charge in [0.25, 0.3) is 0 Å². The Balaban J connectivity index is 1.53. The number of thiocarbonyl (C=S) groups is 1. The monoisotopic (exact) mass is 350 g/mol. The Kier molecular flexibility index (Phi) is 7.62. The van der Waals surface area contributed by atoms with E-state index in [-0.39, 0.29) is 11.9 Å². The largest absolute Gasteiger partial charge is 0.379 e. The highest BCUT2D eigenvalue weighted by Crippen LogP contribution is 2.11. The maximum atomic E-state index is 11.8. The molecule has 6 heteroatoms. The minimum atomic E-state index is -0.866. The van der Waals surface area contributed by atoms with Gasteiger partial charge in [0, 0.05) is 19.4 Å². The Labute approximate surface area is 148 Å². The van der Waals surface area contributed by atoms with Crippen molar-refractivity contribution in [2.24, 2.45) is 0 Å². The van der Waals surface area contributed by atoms with Gasteiger partial charge >= 0.3 is 0 Å². The molecule has 0 unspecified atom stereocenters. The summed E-state index contributed by atoms with van der Waals surface area (Å²) in [6.07, 6.45) is 2.67. The summed E-state index contributed by atoms with van der Waals surface area (Å²) in [5, 5.41) is 15.5. The fourth-order valence-electron chi connectivity index (χ4n) is 2.59. The first-order valence-corrected chi connectivity index (χ1v) is 8.86. The molecule has 132 valence electrons. The van der Waals surface area contributed by atoms with E-state index in [9.17, 15) is 9.90 Å². The lowest BCUT2D eigenvalue weighted by Gasteiger charge is -2.15. The fourth-order valence-corrected chi connectivity index (χ4v) is 2.86. The van der Waals surface area contributed by atoms with E-state index in [0.29, 0.717) is 19.4 Å². The Bertz CT molecular complexity index is 548. The Hall–Kier alpha value is -1.50. The van der Waals surface area contributed by atoms with Crippen molar-refractivity contribution in [2.45, 2.75) is 51.4 Å². The average molecular weight is 350 g/mol. The Morgan fingerprint density at radius 2 is 2.08 bits per heavy atom. The maximum absolute atomic E-state index is 11.8. The molecule has 24 heavy (non-hydrogen) atoms. The molecule has 1 aliphatic rings. The minimum absolute atomic E-state index is 0.0354. The highest BCUT2D eigenvalue weighted by Gasteiger charge is 2.27. The van der Waals surface area contributed by atoms with Gasteiger partial charge in [-0.3, -0.25) is 4.79 Å². The van der Waals surface area contributed by atoms with Crippen LogP contribution >= 0.6 is 12.2 Å². The second-order valence-electron chi connectivity index (χ2n) is 6.19. The lowest BCUT2D eigenvalue weighted by atomic mass is 10.1. The van der Waals surface area contributed by atoms with Gasteiger partial charge in [-0.25, -0.2) is 0 Å². The summed E-state index contributed by atoms with van der Waals surface area (Å²) >= 11 is 5.35. The van der Waals surface area contributed by atoms with Gasteiger partial charge in [-0.2, -0.15) is 0 Å². The van der Waals surface area contributed by atoms with Crippen molar-refractivity contribution in [3.05, 3.63) is 35.4 Å². The van der Waals surface area contributed by atoms with Gasteiger partial charge in [0.2, 0.25) is 5.91 Å². The van der Waals surface area contributed by atoms with Crippen molar-refractivity contribution in [1.29, 1.82) is 0 Å². The molecular weight excluding hydrogens is 324 g/mol. The van der Waals surface area contributed by atoms with Gasteiger partial charge in [0.1, 0.15) is 0 Å². The number of unbranched alkanes of at least 4 members (excludes halogenated alkanes) is 1. The quantitative estimate of drug-likeness (QED) is 0.493. The van der Waals surface area contributed by atoms with Crippen molar-refractivity contribution >= 4 is 23.1 Å². The molecule has 0 saturated carbocycles. The second kappa shape index (κ2) is 9.71. The van der Waals surface area contributed by atoms with E-state index < -0.39 is 6.29 Å². The molecule has 1 aromatic carbocycles. The van der Waals surface area contributed by atoms with Crippen LogP contribution in [-0.4, -0.2) is 41.5 Å². The number of hydrogen-bond donors (Lipinski definition) is 3. The van der Waals surface area contributed by atoms with Crippen molar-refractivity contribution in [3.8, 4) is 0 Å². The third-order valence-electron chi connectivity index (χ3n) is 4.05. The van der Waals surface area contributed by atoms with Crippen LogP contribution in [0.2, 0.25) is 0 Å². The number of hydrogen-bond acceptors (Lipinski definition) is 4. The summed E-state index contributed by atoms with van der Waals surface area (Å²) in [5.41, 5.74) is 2.45. The first kappa shape index (κ1) is 18.8. The summed E-state index contributed by atoms with van der Waals surface area (Å²) in [5.74, 6) is -0.0354. The van der Waals surface area contributed by atoms with E-state index in [2.05, 4.69) is 41.8 Å². The number of aryl methyl sites for hydroxylation is 1. The molecule has 0 spiro atoms. The van der Waals surface area contributed by atoms with Crippen molar-refractivity contribution < 1.29 is 14.6 Å². The molecule has 2 atom stereocenters. The van der Waals surface area contributed by atoms with Crippen LogP contribution in [0.5, 0.6) is 0 Å². The lowest BCUT2D eigenvalue weighted by molar-refractivity contribution is -0.125. The van der Waals surface area contributed by atoms with Crippen molar-refractivity contribution in [3.63, 3.8) is 0 Å². The molecule has 1 heterocycles. The van der Waals surface area contributed by atoms with E-state index in [1.807, 2.05) is 0 Å². The average Bonchev–Trinajstić information content (AvgIpc) is 2.94. The first-order chi connectivity index (χ1) is 11.5. The topological polar surface area (TPSA) is 70.6 Å². The number of aliphatic hydroxyl groups is 1. The molecule has 1 saturated heterocycles. The molecule has 0 aliphatic carbocycles. The highest BCUT2D eigenvalue weighted by atomic mass is 32.1. The van der Waals surface area contributed by atoms with Crippen LogP contribution in [0.1, 0.15) is 36.8 Å². The van der Waals surface area contributed by atoms with Crippen LogP contribution in [0, 0.1) is 6.92 Å². The van der Waals surface area contributed by atoms with Crippen LogP contribution in [0.25, 0.3) is 0 Å². The van der Waals surface area contributed by atoms with Crippen LogP contribution in [0.3, 0.4) is 0 Å². The lowest BCUT2D eigenvalue weighted by Crippen LogP contribution is -2.40. The van der Waals surface area contributed by atoms with Gasteiger partial charge in [-0.15, -0.1) is 0 Å². The normalized spacial score (nSPS) is 19.9. The van der Waals surface area contributed by atoms with Gasteiger partial charge in [-0.1, -0.05) is 42.0 Å². The van der Waals surface area contributed by atoms with Gasteiger partial charge < -0.3 is 20.5 Å². The van der Waals surface area contributed by atoms with Gasteiger partial charge in [-0.05, 0) is 31.7 Å². The number of amides is 1. The van der Waals surface area contributed by atoms with Crippen LogP contribution in [-0.2, 0) is 16.0 Å². The predicted octanol–water partition coefficient (Wildman–Crippen LogP) is 1.85. The molecule has 3 N–H and O–H groups in total. The number of aliphatic hydroxyl groups excluding tert-OH is 1. The number of benzene rings is 1. The molecule has 1 aromatic rings.